The van der Waals surface area contributed by atoms with Gasteiger partial charge in [0.2, 0.25) is 0 Å². The zero-order valence-electron chi connectivity index (χ0n) is 10.9. The number of ether oxygens (including phenoxy) is 1. The number of carboxylic acids is 1. The van der Waals surface area contributed by atoms with Gasteiger partial charge in [0.15, 0.2) is 0 Å². The van der Waals surface area contributed by atoms with E-state index < -0.39 is 17.7 Å². The largest absolute Gasteiger partial charge is 0.478 e. The van der Waals surface area contributed by atoms with Gasteiger partial charge in [0.1, 0.15) is 10.6 Å². The highest BCUT2D eigenvalue weighted by molar-refractivity contribution is 7.16. The van der Waals surface area contributed by atoms with Crippen LogP contribution in [-0.2, 0) is 11.2 Å². The van der Waals surface area contributed by atoms with E-state index in [1.165, 1.54) is 11.3 Å². The summed E-state index contributed by atoms with van der Waals surface area (Å²) in [6.07, 6.45) is 0.0792. The van der Waals surface area contributed by atoms with Gasteiger partial charge >= 0.3 is 12.1 Å². The number of rotatable bonds is 3. The molecule has 1 amide bonds. The lowest BCUT2D eigenvalue weighted by molar-refractivity contribution is 0.0636. The highest BCUT2D eigenvalue weighted by atomic mass is 32.1. The fraction of sp³-hybridized carbons (Fsp3) is 0.500. The van der Waals surface area contributed by atoms with Crippen molar-refractivity contribution in [3.63, 3.8) is 0 Å². The van der Waals surface area contributed by atoms with Crippen molar-refractivity contribution in [2.75, 3.05) is 5.32 Å². The Kier molecular flexibility index (Phi) is 4.34. The van der Waals surface area contributed by atoms with Gasteiger partial charge < -0.3 is 9.84 Å². The number of hydrogen-bond acceptors (Lipinski definition) is 4. The Morgan fingerprint density at radius 3 is 2.50 bits per heavy atom. The number of nitrogens with one attached hydrogen (secondary N) is 1. The summed E-state index contributed by atoms with van der Waals surface area (Å²) >= 11 is 1.25. The average molecular weight is 271 g/mol. The minimum Gasteiger partial charge on any atom is -0.478 e. The molecular weight excluding hydrogens is 254 g/mol. The van der Waals surface area contributed by atoms with E-state index in [-0.39, 0.29) is 5.56 Å². The van der Waals surface area contributed by atoms with Gasteiger partial charge in [-0.1, -0.05) is 6.92 Å². The first-order valence-electron chi connectivity index (χ1n) is 5.59. The van der Waals surface area contributed by atoms with E-state index in [0.29, 0.717) is 5.00 Å². The van der Waals surface area contributed by atoms with Gasteiger partial charge in [-0.25, -0.2) is 9.59 Å². The lowest BCUT2D eigenvalue weighted by atomic mass is 10.2. The van der Waals surface area contributed by atoms with Crippen LogP contribution in [0.2, 0.25) is 0 Å². The van der Waals surface area contributed by atoms with Crippen molar-refractivity contribution in [3.05, 3.63) is 16.5 Å². The first-order chi connectivity index (χ1) is 8.23. The van der Waals surface area contributed by atoms with Crippen LogP contribution in [-0.4, -0.2) is 22.8 Å². The van der Waals surface area contributed by atoms with Crippen molar-refractivity contribution >= 4 is 28.4 Å². The second-order valence-electron chi connectivity index (χ2n) is 4.74. The van der Waals surface area contributed by atoms with Crippen LogP contribution in [0.5, 0.6) is 0 Å². The maximum Gasteiger partial charge on any atom is 0.412 e. The summed E-state index contributed by atoms with van der Waals surface area (Å²) in [7, 11) is 0. The van der Waals surface area contributed by atoms with Crippen LogP contribution in [0.25, 0.3) is 0 Å². The fourth-order valence-corrected chi connectivity index (χ4v) is 2.24. The number of carbonyl (C=O) groups excluding carboxylic acids is 1. The summed E-state index contributed by atoms with van der Waals surface area (Å²) < 4.78 is 5.08. The topological polar surface area (TPSA) is 75.6 Å². The van der Waals surface area contributed by atoms with E-state index in [2.05, 4.69) is 5.32 Å². The number of carboxylic acid groups (broad SMARTS) is 1. The van der Waals surface area contributed by atoms with Crippen LogP contribution in [0.1, 0.15) is 42.9 Å². The molecule has 1 heterocycles. The molecule has 0 radical (unpaired) electrons. The van der Waals surface area contributed by atoms with Crippen LogP contribution in [0.4, 0.5) is 9.80 Å². The van der Waals surface area contributed by atoms with Crippen molar-refractivity contribution in [1.82, 2.24) is 0 Å². The number of anilines is 1. The van der Waals surface area contributed by atoms with Gasteiger partial charge in [0.25, 0.3) is 0 Å². The molecule has 0 atom stereocenters. The summed E-state index contributed by atoms with van der Waals surface area (Å²) in [5, 5.41) is 11.8. The molecule has 0 aliphatic carbocycles. The SMILES string of the molecule is CCc1cc(C(=O)O)c(NC(=O)OC(C)(C)C)s1. The van der Waals surface area contributed by atoms with E-state index in [1.54, 1.807) is 26.8 Å². The average Bonchev–Trinajstić information content (AvgIpc) is 2.57. The Morgan fingerprint density at radius 2 is 2.06 bits per heavy atom. The predicted molar refractivity (Wildman–Crippen MR) is 70.5 cm³/mol. The third kappa shape index (κ3) is 4.03. The van der Waals surface area contributed by atoms with E-state index in [4.69, 9.17) is 9.84 Å². The monoisotopic (exact) mass is 271 g/mol. The van der Waals surface area contributed by atoms with Gasteiger partial charge in [-0.3, -0.25) is 5.32 Å². The number of hydrogen-bond donors (Lipinski definition) is 2. The molecule has 0 saturated heterocycles. The van der Waals surface area contributed by atoms with Gasteiger partial charge in [0, 0.05) is 4.88 Å². The van der Waals surface area contributed by atoms with Gasteiger partial charge in [-0.15, -0.1) is 11.3 Å². The van der Waals surface area contributed by atoms with Crippen molar-refractivity contribution in [1.29, 1.82) is 0 Å². The summed E-state index contributed by atoms with van der Waals surface area (Å²) in [5.74, 6) is -1.06. The summed E-state index contributed by atoms with van der Waals surface area (Å²) in [4.78, 5) is 23.5. The van der Waals surface area contributed by atoms with Gasteiger partial charge in [-0.2, -0.15) is 0 Å². The number of aromatic carboxylic acids is 1. The molecule has 0 saturated carbocycles. The maximum absolute atomic E-state index is 11.6. The molecule has 0 unspecified atom stereocenters. The third-order valence-electron chi connectivity index (χ3n) is 1.98. The molecule has 0 aromatic carbocycles. The Balaban J connectivity index is 2.86. The molecule has 1 rings (SSSR count). The zero-order chi connectivity index (χ0) is 13.9. The normalized spacial score (nSPS) is 11.1. The summed E-state index contributed by atoms with van der Waals surface area (Å²) in [6.45, 7) is 7.17. The number of thiophene rings is 1. The Labute approximate surface area is 110 Å². The van der Waals surface area contributed by atoms with Crippen molar-refractivity contribution in [3.8, 4) is 0 Å². The van der Waals surface area contributed by atoms with Crippen molar-refractivity contribution in [2.45, 2.75) is 39.7 Å². The van der Waals surface area contributed by atoms with Crippen molar-refractivity contribution in [2.24, 2.45) is 0 Å². The first-order valence-corrected chi connectivity index (χ1v) is 6.40. The standard InChI is InChI=1S/C12H17NO4S/c1-5-7-6-8(10(14)15)9(18-7)13-11(16)17-12(2,3)4/h6H,5H2,1-4H3,(H,13,16)(H,14,15). The molecule has 0 bridgehead atoms. The molecule has 100 valence electrons. The Hall–Kier alpha value is -1.56. The molecule has 1 aromatic rings. The minimum atomic E-state index is -1.06. The molecular formula is C12H17NO4S. The first kappa shape index (κ1) is 14.5. The second kappa shape index (κ2) is 5.39. The number of carbonyl (C=O) groups is 2. The predicted octanol–water partition coefficient (Wildman–Crippen LogP) is 3.36. The van der Waals surface area contributed by atoms with Crippen LogP contribution in [0.15, 0.2) is 6.07 Å². The van der Waals surface area contributed by atoms with E-state index in [0.717, 1.165) is 11.3 Å². The Bertz CT molecular complexity index is 459. The van der Waals surface area contributed by atoms with E-state index in [9.17, 15) is 9.59 Å². The number of aryl methyl sites for hydroxylation is 1. The smallest absolute Gasteiger partial charge is 0.412 e. The fourth-order valence-electron chi connectivity index (χ4n) is 1.26. The van der Waals surface area contributed by atoms with Crippen LogP contribution in [0.3, 0.4) is 0 Å². The summed E-state index contributed by atoms with van der Waals surface area (Å²) in [6, 6.07) is 1.57. The van der Waals surface area contributed by atoms with Gasteiger partial charge in [0.05, 0.1) is 5.56 Å². The van der Waals surface area contributed by atoms with Gasteiger partial charge in [-0.05, 0) is 33.3 Å². The lowest BCUT2D eigenvalue weighted by Gasteiger charge is -2.19. The van der Waals surface area contributed by atoms with Crippen molar-refractivity contribution < 1.29 is 19.4 Å². The molecule has 6 heteroatoms. The highest BCUT2D eigenvalue weighted by Crippen LogP contribution is 2.29. The molecule has 0 spiro atoms. The molecule has 0 fully saturated rings. The maximum atomic E-state index is 11.6. The minimum absolute atomic E-state index is 0.0997. The lowest BCUT2D eigenvalue weighted by Crippen LogP contribution is -2.27. The van der Waals surface area contributed by atoms with Crippen LogP contribution >= 0.6 is 11.3 Å². The van der Waals surface area contributed by atoms with E-state index >= 15 is 0 Å². The highest BCUT2D eigenvalue weighted by Gasteiger charge is 2.20. The molecule has 0 aliphatic rings. The van der Waals surface area contributed by atoms with Crippen LogP contribution in [0, 0.1) is 0 Å². The molecule has 18 heavy (non-hydrogen) atoms. The molecule has 2 N–H and O–H groups in total. The number of amides is 1. The van der Waals surface area contributed by atoms with E-state index in [1.807, 2.05) is 6.92 Å². The second-order valence-corrected chi connectivity index (χ2v) is 5.88. The molecule has 5 nitrogen and oxygen atoms in total. The Morgan fingerprint density at radius 1 is 1.44 bits per heavy atom. The van der Waals surface area contributed by atoms with Crippen LogP contribution < -0.4 is 5.32 Å². The molecule has 1 aromatic heterocycles. The quantitative estimate of drug-likeness (QED) is 0.883. The molecule has 0 aliphatic heterocycles. The third-order valence-corrected chi connectivity index (χ3v) is 3.17. The summed E-state index contributed by atoms with van der Waals surface area (Å²) in [5.41, 5.74) is -0.513. The zero-order valence-corrected chi connectivity index (χ0v) is 11.7.